The van der Waals surface area contributed by atoms with E-state index in [-0.39, 0.29) is 5.91 Å². The lowest BCUT2D eigenvalue weighted by molar-refractivity contribution is -0.116. The molecule has 1 aliphatic heterocycles. The second-order valence-electron chi connectivity index (χ2n) is 7.28. The fourth-order valence-electron chi connectivity index (χ4n) is 3.53. The highest BCUT2D eigenvalue weighted by Gasteiger charge is 2.19. The number of nitriles is 1. The molecule has 1 saturated heterocycles. The number of hydrogen-bond acceptors (Lipinski definition) is 6. The van der Waals surface area contributed by atoms with Gasteiger partial charge in [-0.2, -0.15) is 5.26 Å². The van der Waals surface area contributed by atoms with E-state index in [2.05, 4.69) is 21.2 Å². The average Bonchev–Trinajstić information content (AvgIpc) is 2.79. The van der Waals surface area contributed by atoms with Gasteiger partial charge in [-0.05, 0) is 42.5 Å². The smallest absolute Gasteiger partial charge is 0.225 e. The Hall–Kier alpha value is -3.08. The molecule has 1 fully saturated rings. The van der Waals surface area contributed by atoms with Crippen molar-refractivity contribution in [2.75, 3.05) is 52.3 Å². The van der Waals surface area contributed by atoms with Crippen LogP contribution in [0.3, 0.4) is 0 Å². The lowest BCUT2D eigenvalue weighted by Gasteiger charge is -2.34. The molecule has 1 N–H and O–H groups in total. The van der Waals surface area contributed by atoms with Gasteiger partial charge in [0, 0.05) is 56.9 Å². The molecule has 7 heteroatoms. The first kappa shape index (κ1) is 21.6. The Bertz CT molecular complexity index is 884. The highest BCUT2D eigenvalue weighted by Crippen LogP contribution is 2.25. The Morgan fingerprint density at radius 1 is 1.03 bits per heavy atom. The third-order valence-electron chi connectivity index (χ3n) is 5.30. The number of piperazine rings is 1. The van der Waals surface area contributed by atoms with Gasteiger partial charge in [0.1, 0.15) is 11.5 Å². The maximum atomic E-state index is 12.2. The SMILES string of the molecule is COc1ccc(OC)c(CN2CCN(CCC(=O)Nc3ccc(C#N)cc3)CC2)c1. The molecule has 0 aromatic heterocycles. The Labute approximate surface area is 177 Å². The lowest BCUT2D eigenvalue weighted by Crippen LogP contribution is -2.46. The number of nitrogens with one attached hydrogen (secondary N) is 1. The van der Waals surface area contributed by atoms with E-state index in [1.807, 2.05) is 18.2 Å². The van der Waals surface area contributed by atoms with Crippen LogP contribution in [0.4, 0.5) is 5.69 Å². The quantitative estimate of drug-likeness (QED) is 0.724. The Balaban J connectivity index is 1.42. The molecule has 0 unspecified atom stereocenters. The summed E-state index contributed by atoms with van der Waals surface area (Å²) < 4.78 is 10.8. The molecule has 1 amide bonds. The van der Waals surface area contributed by atoms with Crippen LogP contribution in [0.2, 0.25) is 0 Å². The monoisotopic (exact) mass is 408 g/mol. The summed E-state index contributed by atoms with van der Waals surface area (Å²) in [6.07, 6.45) is 0.448. The van der Waals surface area contributed by atoms with Crippen LogP contribution in [0.1, 0.15) is 17.5 Å². The van der Waals surface area contributed by atoms with Crippen molar-refractivity contribution in [2.24, 2.45) is 0 Å². The normalized spacial score (nSPS) is 14.7. The molecule has 1 heterocycles. The van der Waals surface area contributed by atoms with E-state index in [4.69, 9.17) is 14.7 Å². The molecule has 0 bridgehead atoms. The molecule has 2 aromatic rings. The van der Waals surface area contributed by atoms with Gasteiger partial charge in [-0.1, -0.05) is 0 Å². The second-order valence-corrected chi connectivity index (χ2v) is 7.28. The number of benzene rings is 2. The van der Waals surface area contributed by atoms with Gasteiger partial charge in [0.2, 0.25) is 5.91 Å². The number of nitrogens with zero attached hydrogens (tertiary/aromatic N) is 3. The molecule has 0 spiro atoms. The zero-order valence-corrected chi connectivity index (χ0v) is 17.6. The largest absolute Gasteiger partial charge is 0.497 e. The van der Waals surface area contributed by atoms with Crippen molar-refractivity contribution >= 4 is 11.6 Å². The minimum atomic E-state index is -0.0109. The average molecular weight is 409 g/mol. The predicted molar refractivity (Wildman–Crippen MR) is 116 cm³/mol. The topological polar surface area (TPSA) is 77.8 Å². The van der Waals surface area contributed by atoms with E-state index in [0.717, 1.165) is 62.0 Å². The molecule has 0 atom stereocenters. The number of carbonyl (C=O) groups is 1. The van der Waals surface area contributed by atoms with Gasteiger partial charge in [-0.15, -0.1) is 0 Å². The molecule has 0 radical (unpaired) electrons. The summed E-state index contributed by atoms with van der Waals surface area (Å²) in [4.78, 5) is 16.9. The minimum absolute atomic E-state index is 0.0109. The van der Waals surface area contributed by atoms with Gasteiger partial charge in [-0.3, -0.25) is 9.69 Å². The summed E-state index contributed by atoms with van der Waals surface area (Å²) in [5, 5.41) is 11.7. The molecule has 158 valence electrons. The highest BCUT2D eigenvalue weighted by molar-refractivity contribution is 5.90. The van der Waals surface area contributed by atoms with E-state index >= 15 is 0 Å². The fraction of sp³-hybridized carbons (Fsp3) is 0.391. The first-order valence-corrected chi connectivity index (χ1v) is 10.1. The summed E-state index contributed by atoms with van der Waals surface area (Å²) in [6.45, 7) is 5.29. The molecule has 30 heavy (non-hydrogen) atoms. The predicted octanol–water partition coefficient (Wildman–Crippen LogP) is 2.72. The van der Waals surface area contributed by atoms with Crippen LogP contribution >= 0.6 is 0 Å². The van der Waals surface area contributed by atoms with E-state index in [1.165, 1.54) is 0 Å². The summed E-state index contributed by atoms with van der Waals surface area (Å²) in [5.41, 5.74) is 2.42. The number of amides is 1. The van der Waals surface area contributed by atoms with Crippen molar-refractivity contribution < 1.29 is 14.3 Å². The Kier molecular flexibility index (Phi) is 7.66. The number of hydrogen-bond donors (Lipinski definition) is 1. The van der Waals surface area contributed by atoms with Gasteiger partial charge in [0.25, 0.3) is 0 Å². The van der Waals surface area contributed by atoms with Gasteiger partial charge in [0.15, 0.2) is 0 Å². The minimum Gasteiger partial charge on any atom is -0.497 e. The van der Waals surface area contributed by atoms with Crippen LogP contribution in [0, 0.1) is 11.3 Å². The van der Waals surface area contributed by atoms with Crippen molar-refractivity contribution in [1.29, 1.82) is 5.26 Å². The summed E-state index contributed by atoms with van der Waals surface area (Å²) in [7, 11) is 3.36. The van der Waals surface area contributed by atoms with Crippen LogP contribution in [0.15, 0.2) is 42.5 Å². The number of methoxy groups -OCH3 is 2. The Morgan fingerprint density at radius 3 is 2.37 bits per heavy atom. The third-order valence-corrected chi connectivity index (χ3v) is 5.30. The van der Waals surface area contributed by atoms with Crippen LogP contribution in [0.25, 0.3) is 0 Å². The van der Waals surface area contributed by atoms with Crippen molar-refractivity contribution in [3.05, 3.63) is 53.6 Å². The number of ether oxygens (including phenoxy) is 2. The van der Waals surface area contributed by atoms with E-state index in [1.54, 1.807) is 38.5 Å². The van der Waals surface area contributed by atoms with Gasteiger partial charge < -0.3 is 19.7 Å². The molecule has 0 saturated carbocycles. The van der Waals surface area contributed by atoms with Crippen LogP contribution in [0.5, 0.6) is 11.5 Å². The summed E-state index contributed by atoms with van der Waals surface area (Å²) in [6, 6.07) is 14.8. The molecule has 3 rings (SSSR count). The zero-order chi connectivity index (χ0) is 21.3. The van der Waals surface area contributed by atoms with E-state index in [0.29, 0.717) is 12.0 Å². The van der Waals surface area contributed by atoms with Gasteiger partial charge in [-0.25, -0.2) is 0 Å². The maximum absolute atomic E-state index is 12.2. The molecule has 1 aliphatic rings. The van der Waals surface area contributed by atoms with Crippen molar-refractivity contribution in [3.8, 4) is 17.6 Å². The number of carbonyl (C=O) groups excluding carboxylic acids is 1. The Morgan fingerprint density at radius 2 is 1.73 bits per heavy atom. The standard InChI is InChI=1S/C23H28N4O3/c1-29-21-7-8-22(30-2)19(15-21)17-27-13-11-26(12-14-27)10-9-23(28)25-20-5-3-18(16-24)4-6-20/h3-8,15H,9-14,17H2,1-2H3,(H,25,28). The van der Waals surface area contributed by atoms with Gasteiger partial charge in [0.05, 0.1) is 25.9 Å². The van der Waals surface area contributed by atoms with Crippen LogP contribution < -0.4 is 14.8 Å². The molecule has 0 aliphatic carbocycles. The van der Waals surface area contributed by atoms with E-state index in [9.17, 15) is 4.79 Å². The molecule has 2 aromatic carbocycles. The maximum Gasteiger partial charge on any atom is 0.225 e. The summed E-state index contributed by atoms with van der Waals surface area (Å²) >= 11 is 0. The zero-order valence-electron chi connectivity index (χ0n) is 17.6. The summed E-state index contributed by atoms with van der Waals surface area (Å²) in [5.74, 6) is 1.69. The molecular formula is C23H28N4O3. The van der Waals surface area contributed by atoms with Crippen molar-refractivity contribution in [2.45, 2.75) is 13.0 Å². The van der Waals surface area contributed by atoms with Crippen LogP contribution in [-0.2, 0) is 11.3 Å². The van der Waals surface area contributed by atoms with Crippen molar-refractivity contribution in [3.63, 3.8) is 0 Å². The number of rotatable bonds is 8. The van der Waals surface area contributed by atoms with Crippen molar-refractivity contribution in [1.82, 2.24) is 9.80 Å². The fourth-order valence-corrected chi connectivity index (χ4v) is 3.53. The van der Waals surface area contributed by atoms with Gasteiger partial charge >= 0.3 is 0 Å². The molecule has 7 nitrogen and oxygen atoms in total. The highest BCUT2D eigenvalue weighted by atomic mass is 16.5. The first-order valence-electron chi connectivity index (χ1n) is 10.1. The van der Waals surface area contributed by atoms with Crippen LogP contribution in [-0.4, -0.2) is 62.7 Å². The lowest BCUT2D eigenvalue weighted by atomic mass is 10.1. The van der Waals surface area contributed by atoms with E-state index < -0.39 is 0 Å². The number of anilines is 1. The second kappa shape index (κ2) is 10.6. The third kappa shape index (κ3) is 5.96. The first-order chi connectivity index (χ1) is 14.6. The molecular weight excluding hydrogens is 380 g/mol.